The number of primary amides is 1. The highest BCUT2D eigenvalue weighted by atomic mass is 79.9. The highest BCUT2D eigenvalue weighted by Gasteiger charge is 2.08. The lowest BCUT2D eigenvalue weighted by Gasteiger charge is -2.10. The van der Waals surface area contributed by atoms with Crippen LogP contribution in [0.2, 0.25) is 5.02 Å². The number of nitrogens with two attached hydrogens (primary N) is 1. The third-order valence-electron chi connectivity index (χ3n) is 2.61. The van der Waals surface area contributed by atoms with E-state index in [0.29, 0.717) is 26.4 Å². The van der Waals surface area contributed by atoms with Crippen molar-refractivity contribution in [2.24, 2.45) is 5.73 Å². The summed E-state index contributed by atoms with van der Waals surface area (Å²) in [4.78, 5) is 11.0. The molecule has 6 heteroatoms. The van der Waals surface area contributed by atoms with E-state index in [2.05, 4.69) is 15.9 Å². The van der Waals surface area contributed by atoms with Crippen molar-refractivity contribution in [3.8, 4) is 5.75 Å². The molecule has 0 fully saturated rings. The van der Waals surface area contributed by atoms with Crippen molar-refractivity contribution < 1.29 is 13.9 Å². The predicted molar refractivity (Wildman–Crippen MR) is 78.4 cm³/mol. The van der Waals surface area contributed by atoms with Gasteiger partial charge >= 0.3 is 0 Å². The van der Waals surface area contributed by atoms with Crippen LogP contribution < -0.4 is 10.5 Å². The van der Waals surface area contributed by atoms with Crippen LogP contribution in [0.4, 0.5) is 4.39 Å². The SMILES string of the molecule is NC(=O)c1ccc(OCc2ccc(F)cc2Cl)c(Br)c1. The van der Waals surface area contributed by atoms with Gasteiger partial charge in [0, 0.05) is 11.1 Å². The Bertz CT molecular complexity index is 664. The fraction of sp³-hybridized carbons (Fsp3) is 0.0714. The first-order valence-electron chi connectivity index (χ1n) is 5.63. The molecule has 0 bridgehead atoms. The summed E-state index contributed by atoms with van der Waals surface area (Å²) in [5.41, 5.74) is 6.22. The van der Waals surface area contributed by atoms with Gasteiger partial charge in [-0.3, -0.25) is 4.79 Å². The van der Waals surface area contributed by atoms with E-state index in [9.17, 15) is 9.18 Å². The van der Waals surface area contributed by atoms with Crippen LogP contribution in [0.1, 0.15) is 15.9 Å². The molecular formula is C14H10BrClFNO2. The maximum absolute atomic E-state index is 12.9. The predicted octanol–water partition coefficient (Wildman–Crippen LogP) is 3.92. The Morgan fingerprint density at radius 3 is 2.65 bits per heavy atom. The summed E-state index contributed by atoms with van der Waals surface area (Å²) in [6.07, 6.45) is 0. The molecule has 0 saturated carbocycles. The van der Waals surface area contributed by atoms with Gasteiger partial charge in [0.05, 0.1) is 9.50 Å². The maximum Gasteiger partial charge on any atom is 0.248 e. The van der Waals surface area contributed by atoms with Gasteiger partial charge in [-0.1, -0.05) is 17.7 Å². The lowest BCUT2D eigenvalue weighted by Crippen LogP contribution is -2.10. The van der Waals surface area contributed by atoms with Crippen molar-refractivity contribution in [3.63, 3.8) is 0 Å². The van der Waals surface area contributed by atoms with Gasteiger partial charge in [0.25, 0.3) is 0 Å². The van der Waals surface area contributed by atoms with Crippen LogP contribution in [-0.2, 0) is 6.61 Å². The number of carbonyl (C=O) groups is 1. The van der Waals surface area contributed by atoms with Crippen LogP contribution in [0.5, 0.6) is 5.75 Å². The molecule has 0 spiro atoms. The van der Waals surface area contributed by atoms with E-state index in [1.54, 1.807) is 24.3 Å². The van der Waals surface area contributed by atoms with E-state index in [1.807, 2.05) is 0 Å². The number of ether oxygens (including phenoxy) is 1. The van der Waals surface area contributed by atoms with E-state index in [-0.39, 0.29) is 6.61 Å². The standard InChI is InChI=1S/C14H10BrClFNO2/c15-11-5-8(14(18)19)2-4-13(11)20-7-9-1-3-10(17)6-12(9)16/h1-6H,7H2,(H2,18,19). The van der Waals surface area contributed by atoms with E-state index in [1.165, 1.54) is 12.1 Å². The van der Waals surface area contributed by atoms with E-state index in [4.69, 9.17) is 22.1 Å². The third kappa shape index (κ3) is 3.49. The minimum Gasteiger partial charge on any atom is -0.488 e. The molecule has 0 aliphatic carbocycles. The first-order valence-corrected chi connectivity index (χ1v) is 6.80. The van der Waals surface area contributed by atoms with E-state index in [0.717, 1.165) is 0 Å². The summed E-state index contributed by atoms with van der Waals surface area (Å²) in [5, 5.41) is 0.301. The van der Waals surface area contributed by atoms with Crippen LogP contribution in [0, 0.1) is 5.82 Å². The summed E-state index contributed by atoms with van der Waals surface area (Å²) >= 11 is 9.20. The normalized spacial score (nSPS) is 10.3. The van der Waals surface area contributed by atoms with Gasteiger partial charge in [0.2, 0.25) is 5.91 Å². The first kappa shape index (κ1) is 14.8. The molecule has 20 heavy (non-hydrogen) atoms. The molecule has 0 aliphatic heterocycles. The molecule has 0 unspecified atom stereocenters. The summed E-state index contributed by atoms with van der Waals surface area (Å²) in [7, 11) is 0. The number of carbonyl (C=O) groups excluding carboxylic acids is 1. The van der Waals surface area contributed by atoms with Gasteiger partial charge in [-0.05, 0) is 46.3 Å². The van der Waals surface area contributed by atoms with Crippen LogP contribution in [0.15, 0.2) is 40.9 Å². The maximum atomic E-state index is 12.9. The third-order valence-corrected chi connectivity index (χ3v) is 3.59. The van der Waals surface area contributed by atoms with Crippen molar-refractivity contribution in [2.45, 2.75) is 6.61 Å². The number of hydrogen-bond acceptors (Lipinski definition) is 2. The first-order chi connectivity index (χ1) is 9.47. The molecule has 1 amide bonds. The van der Waals surface area contributed by atoms with Crippen LogP contribution in [0.25, 0.3) is 0 Å². The van der Waals surface area contributed by atoms with Crippen LogP contribution in [0.3, 0.4) is 0 Å². The van der Waals surface area contributed by atoms with Gasteiger partial charge < -0.3 is 10.5 Å². The second kappa shape index (κ2) is 6.24. The van der Waals surface area contributed by atoms with Crippen LogP contribution in [-0.4, -0.2) is 5.91 Å². The zero-order valence-electron chi connectivity index (χ0n) is 10.2. The van der Waals surface area contributed by atoms with Crippen molar-refractivity contribution in [1.29, 1.82) is 0 Å². The quantitative estimate of drug-likeness (QED) is 0.900. The number of rotatable bonds is 4. The van der Waals surface area contributed by atoms with Gasteiger partial charge in [0.15, 0.2) is 0 Å². The second-order valence-corrected chi connectivity index (χ2v) is 5.30. The Hall–Kier alpha value is -1.59. The van der Waals surface area contributed by atoms with Crippen molar-refractivity contribution in [2.75, 3.05) is 0 Å². The van der Waals surface area contributed by atoms with Gasteiger partial charge in [0.1, 0.15) is 18.2 Å². The highest BCUT2D eigenvalue weighted by molar-refractivity contribution is 9.10. The monoisotopic (exact) mass is 357 g/mol. The average molecular weight is 359 g/mol. The Morgan fingerprint density at radius 1 is 1.30 bits per heavy atom. The minimum absolute atomic E-state index is 0.188. The van der Waals surface area contributed by atoms with Gasteiger partial charge in [-0.25, -0.2) is 4.39 Å². The van der Waals surface area contributed by atoms with Gasteiger partial charge in [-0.15, -0.1) is 0 Å². The van der Waals surface area contributed by atoms with E-state index >= 15 is 0 Å². The van der Waals surface area contributed by atoms with Crippen molar-refractivity contribution in [1.82, 2.24) is 0 Å². The average Bonchev–Trinajstić information content (AvgIpc) is 2.38. The molecule has 2 aromatic rings. The number of benzene rings is 2. The second-order valence-electron chi connectivity index (χ2n) is 4.03. The molecular weight excluding hydrogens is 349 g/mol. The highest BCUT2D eigenvalue weighted by Crippen LogP contribution is 2.27. The molecule has 0 heterocycles. The smallest absolute Gasteiger partial charge is 0.248 e. The van der Waals surface area contributed by atoms with E-state index < -0.39 is 11.7 Å². The van der Waals surface area contributed by atoms with Crippen LogP contribution >= 0.6 is 27.5 Å². The molecule has 3 nitrogen and oxygen atoms in total. The molecule has 0 saturated heterocycles. The largest absolute Gasteiger partial charge is 0.488 e. The fourth-order valence-electron chi connectivity index (χ4n) is 1.57. The molecule has 0 atom stereocenters. The number of hydrogen-bond donors (Lipinski definition) is 1. The summed E-state index contributed by atoms with van der Waals surface area (Å²) in [5.74, 6) is -0.375. The molecule has 104 valence electrons. The van der Waals surface area contributed by atoms with Crippen molar-refractivity contribution >= 4 is 33.4 Å². The molecule has 2 rings (SSSR count). The Kier molecular flexibility index (Phi) is 4.62. The zero-order chi connectivity index (χ0) is 14.7. The molecule has 0 aromatic heterocycles. The summed E-state index contributed by atoms with van der Waals surface area (Å²) in [6.45, 7) is 0.188. The minimum atomic E-state index is -0.515. The lowest BCUT2D eigenvalue weighted by atomic mass is 10.2. The summed E-state index contributed by atoms with van der Waals surface area (Å²) < 4.78 is 19.1. The topological polar surface area (TPSA) is 52.3 Å². The molecule has 2 N–H and O–H groups in total. The fourth-order valence-corrected chi connectivity index (χ4v) is 2.28. The molecule has 0 aliphatic rings. The Morgan fingerprint density at radius 2 is 2.05 bits per heavy atom. The molecule has 0 radical (unpaired) electrons. The number of amides is 1. The van der Waals surface area contributed by atoms with Gasteiger partial charge in [-0.2, -0.15) is 0 Å². The lowest BCUT2D eigenvalue weighted by molar-refractivity contribution is 0.1000. The molecule has 2 aromatic carbocycles. The zero-order valence-corrected chi connectivity index (χ0v) is 12.5. The summed E-state index contributed by atoms with van der Waals surface area (Å²) in [6, 6.07) is 8.87. The number of halogens is 3. The van der Waals surface area contributed by atoms with Crippen molar-refractivity contribution in [3.05, 3.63) is 62.8 Å². The Labute approximate surface area is 128 Å². The Balaban J connectivity index is 2.13.